The van der Waals surface area contributed by atoms with Crippen LogP contribution in [0.1, 0.15) is 0 Å². The molecule has 2 aromatic rings. The third-order valence-electron chi connectivity index (χ3n) is 2.85. The molecule has 0 aliphatic heterocycles. The Labute approximate surface area is 131 Å². The Bertz CT molecular complexity index is 756. The fraction of sp³-hybridized carbons (Fsp3) is 0.0769. The number of hydrogen-bond donors (Lipinski definition) is 1. The number of hydrogen-bond acceptors (Lipinski definition) is 3. The van der Waals surface area contributed by atoms with Crippen molar-refractivity contribution >= 4 is 44.6 Å². The molecule has 2 N–H and O–H groups in total. The van der Waals surface area contributed by atoms with Crippen LogP contribution >= 0.6 is 23.2 Å². The van der Waals surface area contributed by atoms with Crippen LogP contribution in [0.5, 0.6) is 0 Å². The smallest absolute Gasteiger partial charge is 0.267 e. The zero-order chi connectivity index (χ0) is 15.8. The van der Waals surface area contributed by atoms with Crippen LogP contribution < -0.4 is 10.0 Å². The summed E-state index contributed by atoms with van der Waals surface area (Å²) in [7, 11) is -2.66. The van der Waals surface area contributed by atoms with E-state index >= 15 is 0 Å². The minimum Gasteiger partial charge on any atom is -0.398 e. The molecule has 0 aliphatic rings. The van der Waals surface area contributed by atoms with Crippen LogP contribution in [0.2, 0.25) is 10.0 Å². The molecule has 0 aromatic heterocycles. The summed E-state index contributed by atoms with van der Waals surface area (Å²) in [6.07, 6.45) is 0. The van der Waals surface area contributed by atoms with Crippen molar-refractivity contribution in [3.05, 3.63) is 52.3 Å². The highest BCUT2D eigenvalue weighted by molar-refractivity contribution is 7.93. The molecule has 0 bridgehead atoms. The summed E-state index contributed by atoms with van der Waals surface area (Å²) >= 11 is 11.7. The Morgan fingerprint density at radius 2 is 1.71 bits per heavy atom. The van der Waals surface area contributed by atoms with E-state index in [0.29, 0.717) is 0 Å². The van der Waals surface area contributed by atoms with Crippen molar-refractivity contribution in [2.24, 2.45) is 0 Å². The first kappa shape index (κ1) is 15.9. The van der Waals surface area contributed by atoms with Gasteiger partial charge in [-0.2, -0.15) is 0 Å². The van der Waals surface area contributed by atoms with Gasteiger partial charge in [-0.05, 0) is 36.4 Å². The van der Waals surface area contributed by atoms with Crippen molar-refractivity contribution in [1.29, 1.82) is 0 Å². The zero-order valence-corrected chi connectivity index (χ0v) is 13.2. The average molecular weight is 349 g/mol. The SMILES string of the molecule is CN(c1ccc(F)cc1)S(=O)(=O)c1c(N)cc(Cl)cc1Cl. The molecule has 4 nitrogen and oxygen atoms in total. The predicted molar refractivity (Wildman–Crippen MR) is 82.9 cm³/mol. The summed E-state index contributed by atoms with van der Waals surface area (Å²) in [4.78, 5) is -0.236. The Hall–Kier alpha value is -1.50. The number of rotatable bonds is 3. The van der Waals surface area contributed by atoms with E-state index in [2.05, 4.69) is 0 Å². The lowest BCUT2D eigenvalue weighted by molar-refractivity contribution is 0.594. The number of sulfonamides is 1. The topological polar surface area (TPSA) is 63.4 Å². The number of nitrogen functional groups attached to an aromatic ring is 1. The van der Waals surface area contributed by atoms with E-state index in [-0.39, 0.29) is 26.3 Å². The van der Waals surface area contributed by atoms with E-state index in [1.54, 1.807) is 0 Å². The number of nitrogens with two attached hydrogens (primary N) is 1. The van der Waals surface area contributed by atoms with Crippen LogP contribution in [0.4, 0.5) is 15.8 Å². The Kier molecular flexibility index (Phi) is 4.32. The molecule has 0 fully saturated rings. The first-order chi connectivity index (χ1) is 9.73. The Balaban J connectivity index is 2.54. The maximum atomic E-state index is 12.9. The molecular formula is C13H11Cl2FN2O2S. The van der Waals surface area contributed by atoms with E-state index in [0.717, 1.165) is 16.4 Å². The lowest BCUT2D eigenvalue weighted by Crippen LogP contribution is -2.27. The first-order valence-electron chi connectivity index (χ1n) is 5.72. The fourth-order valence-corrected chi connectivity index (χ4v) is 3.92. The molecule has 0 radical (unpaired) electrons. The van der Waals surface area contributed by atoms with Crippen molar-refractivity contribution in [2.75, 3.05) is 17.1 Å². The van der Waals surface area contributed by atoms with Gasteiger partial charge >= 0.3 is 0 Å². The molecule has 2 rings (SSSR count). The standard InChI is InChI=1S/C13H11Cl2FN2O2S/c1-18(10-4-2-9(16)3-5-10)21(19,20)13-11(15)6-8(14)7-12(13)17/h2-7H,17H2,1H3. The normalized spacial score (nSPS) is 11.4. The van der Waals surface area contributed by atoms with Crippen LogP contribution in [0.3, 0.4) is 0 Å². The summed E-state index contributed by atoms with van der Waals surface area (Å²) in [5.41, 5.74) is 5.94. The highest BCUT2D eigenvalue weighted by Crippen LogP contribution is 2.34. The van der Waals surface area contributed by atoms with Crippen molar-refractivity contribution < 1.29 is 12.8 Å². The van der Waals surface area contributed by atoms with E-state index < -0.39 is 15.8 Å². The van der Waals surface area contributed by atoms with E-state index in [1.165, 1.54) is 31.3 Å². The molecule has 0 amide bonds. The highest BCUT2D eigenvalue weighted by atomic mass is 35.5. The van der Waals surface area contributed by atoms with Crippen LogP contribution in [-0.4, -0.2) is 15.5 Å². The maximum absolute atomic E-state index is 12.9. The largest absolute Gasteiger partial charge is 0.398 e. The summed E-state index contributed by atoms with van der Waals surface area (Å²) in [6.45, 7) is 0. The average Bonchev–Trinajstić information content (AvgIpc) is 2.37. The van der Waals surface area contributed by atoms with Gasteiger partial charge in [0.1, 0.15) is 10.7 Å². The maximum Gasteiger partial charge on any atom is 0.267 e. The third-order valence-corrected chi connectivity index (χ3v) is 5.38. The molecule has 21 heavy (non-hydrogen) atoms. The lowest BCUT2D eigenvalue weighted by Gasteiger charge is -2.21. The quantitative estimate of drug-likeness (QED) is 0.862. The van der Waals surface area contributed by atoms with Gasteiger partial charge in [-0.1, -0.05) is 23.2 Å². The monoisotopic (exact) mass is 348 g/mol. The molecule has 112 valence electrons. The van der Waals surface area contributed by atoms with E-state index in [9.17, 15) is 12.8 Å². The van der Waals surface area contributed by atoms with Gasteiger partial charge in [-0.3, -0.25) is 4.31 Å². The van der Waals surface area contributed by atoms with Gasteiger partial charge in [0.05, 0.1) is 16.4 Å². The van der Waals surface area contributed by atoms with Crippen molar-refractivity contribution in [3.63, 3.8) is 0 Å². The fourth-order valence-electron chi connectivity index (χ4n) is 1.78. The molecule has 0 heterocycles. The minimum absolute atomic E-state index is 0.0542. The van der Waals surface area contributed by atoms with E-state index in [1.807, 2.05) is 0 Å². The van der Waals surface area contributed by atoms with Gasteiger partial charge in [-0.15, -0.1) is 0 Å². The highest BCUT2D eigenvalue weighted by Gasteiger charge is 2.27. The van der Waals surface area contributed by atoms with Gasteiger partial charge in [0.15, 0.2) is 0 Å². The van der Waals surface area contributed by atoms with Crippen molar-refractivity contribution in [3.8, 4) is 0 Å². The van der Waals surface area contributed by atoms with Crippen LogP contribution in [-0.2, 0) is 10.0 Å². The number of benzene rings is 2. The summed E-state index contributed by atoms with van der Waals surface area (Å²) < 4.78 is 39.1. The third kappa shape index (κ3) is 3.07. The second-order valence-corrected chi connectivity index (χ2v) is 7.00. The van der Waals surface area contributed by atoms with Crippen molar-refractivity contribution in [1.82, 2.24) is 0 Å². The summed E-state index contributed by atoms with van der Waals surface area (Å²) in [5, 5.41) is 0.162. The molecule has 0 spiro atoms. The van der Waals surface area contributed by atoms with Crippen molar-refractivity contribution in [2.45, 2.75) is 4.90 Å². The molecule has 0 aliphatic carbocycles. The predicted octanol–water partition coefficient (Wildman–Crippen LogP) is 3.54. The number of anilines is 2. The summed E-state index contributed by atoms with van der Waals surface area (Å²) in [5.74, 6) is -0.464. The Morgan fingerprint density at radius 1 is 1.14 bits per heavy atom. The second kappa shape index (κ2) is 5.71. The second-order valence-electron chi connectivity index (χ2n) is 4.25. The number of nitrogens with zero attached hydrogens (tertiary/aromatic N) is 1. The molecule has 0 saturated heterocycles. The molecule has 8 heteroatoms. The summed E-state index contributed by atoms with van der Waals surface area (Å²) in [6, 6.07) is 7.60. The van der Waals surface area contributed by atoms with Crippen LogP contribution in [0.15, 0.2) is 41.3 Å². The minimum atomic E-state index is -3.99. The first-order valence-corrected chi connectivity index (χ1v) is 7.92. The van der Waals surface area contributed by atoms with Gasteiger partial charge < -0.3 is 5.73 Å². The lowest BCUT2D eigenvalue weighted by atomic mass is 10.3. The molecule has 0 saturated carbocycles. The molecule has 2 aromatic carbocycles. The molecule has 0 atom stereocenters. The molecular weight excluding hydrogens is 338 g/mol. The number of halogens is 3. The van der Waals surface area contributed by atoms with Gasteiger partial charge in [0.25, 0.3) is 10.0 Å². The zero-order valence-electron chi connectivity index (χ0n) is 10.8. The Morgan fingerprint density at radius 3 is 2.24 bits per heavy atom. The van der Waals surface area contributed by atoms with Crippen LogP contribution in [0.25, 0.3) is 0 Å². The van der Waals surface area contributed by atoms with Gasteiger partial charge in [-0.25, -0.2) is 12.8 Å². The van der Waals surface area contributed by atoms with Gasteiger partial charge in [0.2, 0.25) is 0 Å². The van der Waals surface area contributed by atoms with Gasteiger partial charge in [0, 0.05) is 12.1 Å². The van der Waals surface area contributed by atoms with Crippen LogP contribution in [0, 0.1) is 5.82 Å². The van der Waals surface area contributed by atoms with E-state index in [4.69, 9.17) is 28.9 Å². The molecule has 0 unspecified atom stereocenters.